The number of sulfonamides is 1. The fourth-order valence-corrected chi connectivity index (χ4v) is 2.94. The van der Waals surface area contributed by atoms with Crippen LogP contribution in [-0.4, -0.2) is 24.0 Å². The van der Waals surface area contributed by atoms with Crippen molar-refractivity contribution in [3.63, 3.8) is 0 Å². The first-order valence-electron chi connectivity index (χ1n) is 5.86. The molecule has 6 nitrogen and oxygen atoms in total. The van der Waals surface area contributed by atoms with Crippen LogP contribution >= 0.6 is 0 Å². The van der Waals surface area contributed by atoms with Crippen molar-refractivity contribution in [2.45, 2.75) is 33.7 Å². The van der Waals surface area contributed by atoms with Crippen LogP contribution in [0.1, 0.15) is 32.8 Å². The van der Waals surface area contributed by atoms with Gasteiger partial charge in [0.25, 0.3) is 0 Å². The van der Waals surface area contributed by atoms with Crippen LogP contribution in [0.5, 0.6) is 0 Å². The summed E-state index contributed by atoms with van der Waals surface area (Å²) >= 11 is 0. The van der Waals surface area contributed by atoms with Crippen LogP contribution < -0.4 is 10.5 Å². The number of nitrogens with two attached hydrogens (primary N) is 1. The lowest BCUT2D eigenvalue weighted by Crippen LogP contribution is -2.23. The summed E-state index contributed by atoms with van der Waals surface area (Å²) in [5.41, 5.74) is 6.21. The van der Waals surface area contributed by atoms with Crippen molar-refractivity contribution in [1.29, 1.82) is 0 Å². The first-order chi connectivity index (χ1) is 8.14. The van der Waals surface area contributed by atoms with Crippen molar-refractivity contribution < 1.29 is 8.42 Å². The van der Waals surface area contributed by atoms with Crippen LogP contribution in [0.25, 0.3) is 0 Å². The molecule has 0 unspecified atom stereocenters. The SMILES string of the molecule is Cn1ncc(CN)c1NS(=O)(=O)CCC(C)(C)C. The molecule has 3 N–H and O–H groups in total. The Kier molecular flexibility index (Phi) is 4.39. The predicted octanol–water partition coefficient (Wildman–Crippen LogP) is 1.06. The molecule has 0 saturated heterocycles. The lowest BCUT2D eigenvalue weighted by atomic mass is 9.94. The second-order valence-electron chi connectivity index (χ2n) is 5.58. The molecule has 0 amide bonds. The average Bonchev–Trinajstić information content (AvgIpc) is 2.56. The third kappa shape index (κ3) is 4.30. The first-order valence-corrected chi connectivity index (χ1v) is 7.51. The quantitative estimate of drug-likeness (QED) is 0.840. The van der Waals surface area contributed by atoms with E-state index in [9.17, 15) is 8.42 Å². The molecule has 0 aliphatic carbocycles. The number of anilines is 1. The fraction of sp³-hybridized carbons (Fsp3) is 0.727. The van der Waals surface area contributed by atoms with Crippen molar-refractivity contribution in [2.24, 2.45) is 18.2 Å². The summed E-state index contributed by atoms with van der Waals surface area (Å²) in [4.78, 5) is 0. The fourth-order valence-electron chi connectivity index (χ4n) is 1.40. The van der Waals surface area contributed by atoms with Gasteiger partial charge in [0, 0.05) is 19.2 Å². The number of hydrogen-bond acceptors (Lipinski definition) is 4. The number of hydrogen-bond donors (Lipinski definition) is 2. The Morgan fingerprint density at radius 2 is 2.06 bits per heavy atom. The van der Waals surface area contributed by atoms with E-state index in [0.29, 0.717) is 17.8 Å². The maximum atomic E-state index is 12.0. The summed E-state index contributed by atoms with van der Waals surface area (Å²) in [5.74, 6) is 0.539. The normalized spacial score (nSPS) is 12.7. The molecule has 7 heteroatoms. The molecule has 1 heterocycles. The van der Waals surface area contributed by atoms with Crippen LogP contribution in [-0.2, 0) is 23.6 Å². The number of nitrogens with zero attached hydrogens (tertiary/aromatic N) is 2. The van der Waals surface area contributed by atoms with Crippen LogP contribution in [0.2, 0.25) is 0 Å². The smallest absolute Gasteiger partial charge is 0.233 e. The summed E-state index contributed by atoms with van der Waals surface area (Å²) in [7, 11) is -1.68. The number of aryl methyl sites for hydroxylation is 1. The van der Waals surface area contributed by atoms with Crippen LogP contribution in [0.3, 0.4) is 0 Å². The standard InChI is InChI=1S/C11H22N4O2S/c1-11(2,3)5-6-18(16,17)14-10-9(7-12)8-13-15(10)4/h8,14H,5-7,12H2,1-4H3. The van der Waals surface area contributed by atoms with E-state index >= 15 is 0 Å². The minimum Gasteiger partial charge on any atom is -0.326 e. The Hall–Kier alpha value is -1.08. The van der Waals surface area contributed by atoms with Crippen molar-refractivity contribution in [3.8, 4) is 0 Å². The molecule has 1 rings (SSSR count). The molecule has 18 heavy (non-hydrogen) atoms. The molecular weight excluding hydrogens is 252 g/mol. The Labute approximate surface area is 109 Å². The summed E-state index contributed by atoms with van der Waals surface area (Å²) in [6, 6.07) is 0. The zero-order valence-electron chi connectivity index (χ0n) is 11.4. The predicted molar refractivity (Wildman–Crippen MR) is 72.6 cm³/mol. The van der Waals surface area contributed by atoms with Gasteiger partial charge in [0.1, 0.15) is 5.82 Å². The maximum Gasteiger partial charge on any atom is 0.233 e. The topological polar surface area (TPSA) is 90.0 Å². The van der Waals surface area contributed by atoms with Gasteiger partial charge in [-0.15, -0.1) is 0 Å². The van der Waals surface area contributed by atoms with Crippen LogP contribution in [0.15, 0.2) is 6.20 Å². The second kappa shape index (κ2) is 5.27. The lowest BCUT2D eigenvalue weighted by molar-refractivity contribution is 0.397. The highest BCUT2D eigenvalue weighted by molar-refractivity contribution is 7.92. The second-order valence-corrected chi connectivity index (χ2v) is 7.42. The number of rotatable bonds is 5. The van der Waals surface area contributed by atoms with Crippen LogP contribution in [0.4, 0.5) is 5.82 Å². The molecule has 0 spiro atoms. The van der Waals surface area contributed by atoms with Gasteiger partial charge in [-0.3, -0.25) is 9.40 Å². The molecule has 0 bridgehead atoms. The third-order valence-electron chi connectivity index (χ3n) is 2.61. The third-order valence-corrected chi connectivity index (χ3v) is 3.85. The van der Waals surface area contributed by atoms with Crippen LogP contribution in [0, 0.1) is 5.41 Å². The maximum absolute atomic E-state index is 12.0. The minimum atomic E-state index is -3.36. The van der Waals surface area contributed by atoms with Gasteiger partial charge in [-0.1, -0.05) is 20.8 Å². The van der Waals surface area contributed by atoms with Crippen molar-refractivity contribution in [3.05, 3.63) is 11.8 Å². The molecule has 0 aliphatic rings. The molecule has 0 saturated carbocycles. The number of aromatic nitrogens is 2. The lowest BCUT2D eigenvalue weighted by Gasteiger charge is -2.18. The Morgan fingerprint density at radius 1 is 1.44 bits per heavy atom. The highest BCUT2D eigenvalue weighted by Gasteiger charge is 2.19. The van der Waals surface area contributed by atoms with E-state index in [2.05, 4.69) is 9.82 Å². The van der Waals surface area contributed by atoms with E-state index in [0.717, 1.165) is 0 Å². The molecule has 0 fully saturated rings. The summed E-state index contributed by atoms with van der Waals surface area (Å²) in [5, 5.41) is 3.99. The van der Waals surface area contributed by atoms with Gasteiger partial charge in [-0.25, -0.2) is 8.42 Å². The van der Waals surface area contributed by atoms with Crippen molar-refractivity contribution in [2.75, 3.05) is 10.5 Å². The molecule has 1 aromatic rings. The van der Waals surface area contributed by atoms with Gasteiger partial charge in [0.2, 0.25) is 10.0 Å². The molecule has 104 valence electrons. The van der Waals surface area contributed by atoms with E-state index in [-0.39, 0.29) is 17.7 Å². The summed E-state index contributed by atoms with van der Waals surface area (Å²) < 4.78 is 28.0. The van der Waals surface area contributed by atoms with E-state index in [1.807, 2.05) is 20.8 Å². The summed E-state index contributed by atoms with van der Waals surface area (Å²) in [6.07, 6.45) is 2.17. The highest BCUT2D eigenvalue weighted by atomic mass is 32.2. The molecule has 0 radical (unpaired) electrons. The molecule has 0 aliphatic heterocycles. The van der Waals surface area contributed by atoms with Gasteiger partial charge < -0.3 is 5.73 Å². The molecular formula is C11H22N4O2S. The minimum absolute atomic E-state index is 0.0160. The highest BCUT2D eigenvalue weighted by Crippen LogP contribution is 2.21. The van der Waals surface area contributed by atoms with E-state index in [4.69, 9.17) is 5.73 Å². The zero-order valence-corrected chi connectivity index (χ0v) is 12.2. The van der Waals surface area contributed by atoms with Gasteiger partial charge in [0.05, 0.1) is 11.9 Å². The number of nitrogens with one attached hydrogen (secondary N) is 1. The molecule has 1 aromatic heterocycles. The van der Waals surface area contributed by atoms with Crippen molar-refractivity contribution in [1.82, 2.24) is 9.78 Å². The molecule has 0 atom stereocenters. The van der Waals surface area contributed by atoms with E-state index < -0.39 is 10.0 Å². The first kappa shape index (κ1) is 15.0. The Balaban J connectivity index is 2.80. The van der Waals surface area contributed by atoms with Gasteiger partial charge in [0.15, 0.2) is 0 Å². The van der Waals surface area contributed by atoms with Crippen molar-refractivity contribution >= 4 is 15.8 Å². The zero-order chi connectivity index (χ0) is 14.0. The Bertz CT molecular complexity index is 500. The van der Waals surface area contributed by atoms with Gasteiger partial charge in [-0.2, -0.15) is 5.10 Å². The van der Waals surface area contributed by atoms with Gasteiger partial charge in [-0.05, 0) is 11.8 Å². The largest absolute Gasteiger partial charge is 0.326 e. The monoisotopic (exact) mass is 274 g/mol. The molecule has 0 aromatic carbocycles. The summed E-state index contributed by atoms with van der Waals surface area (Å²) in [6.45, 7) is 6.29. The average molecular weight is 274 g/mol. The van der Waals surface area contributed by atoms with E-state index in [1.54, 1.807) is 13.2 Å². The van der Waals surface area contributed by atoms with Gasteiger partial charge >= 0.3 is 0 Å². The Morgan fingerprint density at radius 3 is 2.56 bits per heavy atom. The van der Waals surface area contributed by atoms with E-state index in [1.165, 1.54) is 4.68 Å².